The molecule has 0 aromatic heterocycles. The summed E-state index contributed by atoms with van der Waals surface area (Å²) in [6.07, 6.45) is 0.395. The predicted molar refractivity (Wildman–Crippen MR) is 69.6 cm³/mol. The Bertz CT molecular complexity index is 346. The van der Waals surface area contributed by atoms with Gasteiger partial charge in [0, 0.05) is 12.5 Å². The van der Waals surface area contributed by atoms with Crippen molar-refractivity contribution in [1.29, 1.82) is 0 Å². The van der Waals surface area contributed by atoms with Crippen LogP contribution < -0.4 is 10.1 Å². The zero-order valence-electron chi connectivity index (χ0n) is 10.3. The maximum absolute atomic E-state index is 11.9. The SMILES string of the molecule is CCNC(C)c1ccc(OCCCF)c(Cl)c1. The summed E-state index contributed by atoms with van der Waals surface area (Å²) in [4.78, 5) is 0. The Hall–Kier alpha value is -0.800. The molecule has 0 spiro atoms. The summed E-state index contributed by atoms with van der Waals surface area (Å²) in [7, 11) is 0. The second-order valence-corrected chi connectivity index (χ2v) is 4.27. The van der Waals surface area contributed by atoms with E-state index in [4.69, 9.17) is 16.3 Å². The molecule has 0 fully saturated rings. The lowest BCUT2D eigenvalue weighted by Gasteiger charge is -2.14. The molecular weight excluding hydrogens is 241 g/mol. The molecule has 2 nitrogen and oxygen atoms in total. The van der Waals surface area contributed by atoms with Crippen molar-refractivity contribution in [2.45, 2.75) is 26.3 Å². The second kappa shape index (κ2) is 7.51. The molecule has 0 aliphatic rings. The standard InChI is InChI=1S/C13H19ClFNO/c1-3-16-10(2)11-5-6-13(12(14)9-11)17-8-4-7-15/h5-6,9-10,16H,3-4,7-8H2,1-2H3. The van der Waals surface area contributed by atoms with Gasteiger partial charge in [0.1, 0.15) is 5.75 Å². The molecule has 0 saturated carbocycles. The van der Waals surface area contributed by atoms with E-state index in [9.17, 15) is 4.39 Å². The van der Waals surface area contributed by atoms with E-state index in [1.165, 1.54) is 0 Å². The van der Waals surface area contributed by atoms with Crippen molar-refractivity contribution in [1.82, 2.24) is 5.32 Å². The van der Waals surface area contributed by atoms with Crippen molar-refractivity contribution in [3.8, 4) is 5.75 Å². The van der Waals surface area contributed by atoms with Gasteiger partial charge in [-0.2, -0.15) is 0 Å². The minimum absolute atomic E-state index is 0.261. The minimum atomic E-state index is -0.368. The summed E-state index contributed by atoms with van der Waals surface area (Å²) in [5.41, 5.74) is 1.12. The third-order valence-corrected chi connectivity index (χ3v) is 2.80. The van der Waals surface area contributed by atoms with E-state index in [1.54, 1.807) is 0 Å². The summed E-state index contributed by atoms with van der Waals surface area (Å²) in [6, 6.07) is 5.96. The first kappa shape index (κ1) is 14.3. The van der Waals surface area contributed by atoms with Crippen molar-refractivity contribution >= 4 is 11.6 Å². The largest absolute Gasteiger partial charge is 0.492 e. The molecule has 0 aliphatic carbocycles. The number of ether oxygens (including phenoxy) is 1. The zero-order valence-corrected chi connectivity index (χ0v) is 11.1. The molecule has 0 aliphatic heterocycles. The van der Waals surface area contributed by atoms with Crippen LogP contribution in [0.25, 0.3) is 0 Å². The Morgan fingerprint density at radius 2 is 2.24 bits per heavy atom. The quantitative estimate of drug-likeness (QED) is 0.753. The molecular formula is C13H19ClFNO. The van der Waals surface area contributed by atoms with Crippen LogP contribution in [-0.4, -0.2) is 19.8 Å². The average Bonchev–Trinajstić information content (AvgIpc) is 2.31. The summed E-state index contributed by atoms with van der Waals surface area (Å²) in [6.45, 7) is 5.05. The van der Waals surface area contributed by atoms with Crippen LogP contribution in [0, 0.1) is 0 Å². The Labute approximate surface area is 107 Å². The molecule has 1 atom stereocenters. The maximum Gasteiger partial charge on any atom is 0.137 e. The van der Waals surface area contributed by atoms with E-state index in [2.05, 4.69) is 19.2 Å². The average molecular weight is 260 g/mol. The van der Waals surface area contributed by atoms with Crippen molar-refractivity contribution in [3.63, 3.8) is 0 Å². The molecule has 1 N–H and O–H groups in total. The Morgan fingerprint density at radius 3 is 2.82 bits per heavy atom. The van der Waals surface area contributed by atoms with Gasteiger partial charge >= 0.3 is 0 Å². The lowest BCUT2D eigenvalue weighted by molar-refractivity contribution is 0.289. The monoisotopic (exact) mass is 259 g/mol. The Morgan fingerprint density at radius 1 is 1.47 bits per heavy atom. The van der Waals surface area contributed by atoms with Crippen LogP contribution in [0.2, 0.25) is 5.02 Å². The molecule has 1 aromatic carbocycles. The second-order valence-electron chi connectivity index (χ2n) is 3.86. The number of alkyl halides is 1. The zero-order chi connectivity index (χ0) is 12.7. The highest BCUT2D eigenvalue weighted by Crippen LogP contribution is 2.27. The highest BCUT2D eigenvalue weighted by atomic mass is 35.5. The molecule has 17 heavy (non-hydrogen) atoms. The van der Waals surface area contributed by atoms with Crippen molar-refractivity contribution in [2.75, 3.05) is 19.8 Å². The number of halogens is 2. The van der Waals surface area contributed by atoms with Gasteiger partial charge in [-0.25, -0.2) is 0 Å². The molecule has 1 unspecified atom stereocenters. The smallest absolute Gasteiger partial charge is 0.137 e. The number of hydrogen-bond donors (Lipinski definition) is 1. The van der Waals surface area contributed by atoms with Gasteiger partial charge < -0.3 is 10.1 Å². The third-order valence-electron chi connectivity index (χ3n) is 2.50. The van der Waals surface area contributed by atoms with E-state index in [1.807, 2.05) is 18.2 Å². The van der Waals surface area contributed by atoms with Gasteiger partial charge in [0.2, 0.25) is 0 Å². The molecule has 0 bridgehead atoms. The molecule has 0 saturated heterocycles. The number of benzene rings is 1. The summed E-state index contributed by atoms with van der Waals surface area (Å²) < 4.78 is 17.3. The van der Waals surface area contributed by atoms with E-state index >= 15 is 0 Å². The lowest BCUT2D eigenvalue weighted by Crippen LogP contribution is -2.17. The Balaban J connectivity index is 2.65. The number of nitrogens with one attached hydrogen (secondary N) is 1. The van der Waals surface area contributed by atoms with Gasteiger partial charge in [-0.15, -0.1) is 0 Å². The highest BCUT2D eigenvalue weighted by Gasteiger charge is 2.07. The fraction of sp³-hybridized carbons (Fsp3) is 0.538. The summed E-state index contributed by atoms with van der Waals surface area (Å²) in [5.74, 6) is 0.618. The fourth-order valence-electron chi connectivity index (χ4n) is 1.56. The minimum Gasteiger partial charge on any atom is -0.492 e. The van der Waals surface area contributed by atoms with Crippen LogP contribution >= 0.6 is 11.6 Å². The third kappa shape index (κ3) is 4.52. The highest BCUT2D eigenvalue weighted by molar-refractivity contribution is 6.32. The first-order valence-corrected chi connectivity index (χ1v) is 6.28. The number of rotatable bonds is 7. The molecule has 1 aromatic rings. The molecule has 1 rings (SSSR count). The van der Waals surface area contributed by atoms with Crippen LogP contribution in [-0.2, 0) is 0 Å². The molecule has 0 radical (unpaired) electrons. The van der Waals surface area contributed by atoms with Gasteiger partial charge in [0.05, 0.1) is 18.3 Å². The van der Waals surface area contributed by atoms with Crippen LogP contribution in [0.5, 0.6) is 5.75 Å². The summed E-state index contributed by atoms with van der Waals surface area (Å²) in [5, 5.41) is 3.89. The van der Waals surface area contributed by atoms with E-state index in [0.717, 1.165) is 12.1 Å². The molecule has 0 amide bonds. The van der Waals surface area contributed by atoms with Crippen molar-refractivity contribution in [2.24, 2.45) is 0 Å². The van der Waals surface area contributed by atoms with Crippen LogP contribution in [0.4, 0.5) is 4.39 Å². The Kier molecular flexibility index (Phi) is 6.30. The predicted octanol–water partition coefficient (Wildman–Crippen LogP) is 3.75. The molecule has 0 heterocycles. The van der Waals surface area contributed by atoms with E-state index in [0.29, 0.717) is 23.8 Å². The number of hydrogen-bond acceptors (Lipinski definition) is 2. The van der Waals surface area contributed by atoms with Crippen LogP contribution in [0.3, 0.4) is 0 Å². The van der Waals surface area contributed by atoms with Gasteiger partial charge in [-0.1, -0.05) is 24.6 Å². The van der Waals surface area contributed by atoms with Gasteiger partial charge in [-0.3, -0.25) is 4.39 Å². The fourth-order valence-corrected chi connectivity index (χ4v) is 1.81. The maximum atomic E-state index is 11.9. The van der Waals surface area contributed by atoms with E-state index in [-0.39, 0.29) is 12.7 Å². The molecule has 4 heteroatoms. The summed E-state index contributed by atoms with van der Waals surface area (Å²) >= 11 is 6.11. The van der Waals surface area contributed by atoms with Gasteiger partial charge in [0.25, 0.3) is 0 Å². The van der Waals surface area contributed by atoms with Gasteiger partial charge in [-0.05, 0) is 31.2 Å². The van der Waals surface area contributed by atoms with Crippen LogP contribution in [0.1, 0.15) is 31.9 Å². The molecule has 96 valence electrons. The lowest BCUT2D eigenvalue weighted by atomic mass is 10.1. The first-order valence-electron chi connectivity index (χ1n) is 5.90. The van der Waals surface area contributed by atoms with Crippen molar-refractivity contribution < 1.29 is 9.13 Å². The van der Waals surface area contributed by atoms with Gasteiger partial charge in [0.15, 0.2) is 0 Å². The van der Waals surface area contributed by atoms with E-state index < -0.39 is 0 Å². The topological polar surface area (TPSA) is 21.3 Å². The van der Waals surface area contributed by atoms with Crippen molar-refractivity contribution in [3.05, 3.63) is 28.8 Å². The first-order chi connectivity index (χ1) is 8.19. The van der Waals surface area contributed by atoms with Crippen LogP contribution in [0.15, 0.2) is 18.2 Å². The normalized spacial score (nSPS) is 12.5.